The summed E-state index contributed by atoms with van der Waals surface area (Å²) >= 11 is 0. The molecular formula is C18H26N2O2. The minimum absolute atomic E-state index is 0.0791. The quantitative estimate of drug-likeness (QED) is 0.867. The summed E-state index contributed by atoms with van der Waals surface area (Å²) in [6.45, 7) is 9.12. The molecule has 0 saturated carbocycles. The predicted molar refractivity (Wildman–Crippen MR) is 88.8 cm³/mol. The van der Waals surface area contributed by atoms with Gasteiger partial charge in [0, 0.05) is 18.8 Å². The number of likely N-dealkylation sites (tertiary alicyclic amines) is 1. The highest BCUT2D eigenvalue weighted by molar-refractivity contribution is 6.10. The number of carbonyl (C=O) groups is 2. The molecule has 1 aromatic rings. The second kappa shape index (κ2) is 6.51. The van der Waals surface area contributed by atoms with Crippen LogP contribution in [-0.2, 0) is 9.59 Å². The largest absolute Gasteiger partial charge is 0.342 e. The number of amides is 2. The lowest BCUT2D eigenvalue weighted by Crippen LogP contribution is -2.46. The van der Waals surface area contributed by atoms with Gasteiger partial charge in [0.1, 0.15) is 5.41 Å². The Morgan fingerprint density at radius 3 is 2.32 bits per heavy atom. The van der Waals surface area contributed by atoms with E-state index in [-0.39, 0.29) is 11.8 Å². The number of hydrogen-bond acceptors (Lipinski definition) is 2. The summed E-state index contributed by atoms with van der Waals surface area (Å²) in [7, 11) is 0. The summed E-state index contributed by atoms with van der Waals surface area (Å²) in [5.41, 5.74) is 0.833. The molecule has 4 heteroatoms. The molecule has 0 spiro atoms. The first-order chi connectivity index (χ1) is 10.3. The number of nitrogens with one attached hydrogen (secondary N) is 1. The average molecular weight is 302 g/mol. The second-order valence-electron chi connectivity index (χ2n) is 6.82. The number of anilines is 1. The van der Waals surface area contributed by atoms with Crippen LogP contribution in [0.25, 0.3) is 0 Å². The van der Waals surface area contributed by atoms with Gasteiger partial charge in [-0.15, -0.1) is 0 Å². The minimum atomic E-state index is -1.05. The zero-order valence-electron chi connectivity index (χ0n) is 14.0. The van der Waals surface area contributed by atoms with Crippen LogP contribution in [0.1, 0.15) is 52.0 Å². The number of hydrogen-bond donors (Lipinski definition) is 1. The van der Waals surface area contributed by atoms with E-state index in [9.17, 15) is 9.59 Å². The molecule has 120 valence electrons. The van der Waals surface area contributed by atoms with Crippen molar-refractivity contribution in [2.45, 2.75) is 46.5 Å². The number of carbonyl (C=O) groups excluding carboxylic acids is 2. The van der Waals surface area contributed by atoms with E-state index in [1.807, 2.05) is 24.3 Å². The highest BCUT2D eigenvalue weighted by atomic mass is 16.2. The fourth-order valence-electron chi connectivity index (χ4n) is 2.81. The first kappa shape index (κ1) is 16.5. The van der Waals surface area contributed by atoms with E-state index >= 15 is 0 Å². The SMILES string of the molecule is CC(C)c1ccccc1NC(=O)C(C)(C)C(=O)N1CCCC1. The van der Waals surface area contributed by atoms with Gasteiger partial charge in [0.15, 0.2) is 0 Å². The molecule has 1 heterocycles. The van der Waals surface area contributed by atoms with Crippen molar-refractivity contribution in [1.82, 2.24) is 4.90 Å². The van der Waals surface area contributed by atoms with E-state index in [0.717, 1.165) is 37.2 Å². The maximum atomic E-state index is 12.6. The third kappa shape index (κ3) is 3.32. The summed E-state index contributed by atoms with van der Waals surface area (Å²) < 4.78 is 0. The molecule has 0 bridgehead atoms. The Balaban J connectivity index is 2.15. The van der Waals surface area contributed by atoms with Crippen LogP contribution in [0, 0.1) is 5.41 Å². The number of benzene rings is 1. The van der Waals surface area contributed by atoms with Crippen LogP contribution >= 0.6 is 0 Å². The Hall–Kier alpha value is -1.84. The van der Waals surface area contributed by atoms with Gasteiger partial charge in [-0.2, -0.15) is 0 Å². The van der Waals surface area contributed by atoms with Crippen molar-refractivity contribution < 1.29 is 9.59 Å². The molecule has 0 unspecified atom stereocenters. The maximum absolute atomic E-state index is 12.6. The van der Waals surface area contributed by atoms with Gasteiger partial charge < -0.3 is 10.2 Å². The lowest BCUT2D eigenvalue weighted by molar-refractivity contribution is -0.145. The number of rotatable bonds is 4. The second-order valence-corrected chi connectivity index (χ2v) is 6.82. The topological polar surface area (TPSA) is 49.4 Å². The molecule has 1 aliphatic heterocycles. The van der Waals surface area contributed by atoms with Crippen molar-refractivity contribution in [3.8, 4) is 0 Å². The zero-order chi connectivity index (χ0) is 16.3. The highest BCUT2D eigenvalue weighted by Crippen LogP contribution is 2.28. The standard InChI is InChI=1S/C18H26N2O2/c1-13(2)14-9-5-6-10-15(14)19-16(21)18(3,4)17(22)20-11-7-8-12-20/h5-6,9-10,13H,7-8,11-12H2,1-4H3,(H,19,21). The lowest BCUT2D eigenvalue weighted by Gasteiger charge is -2.28. The predicted octanol–water partition coefficient (Wildman–Crippen LogP) is 3.40. The maximum Gasteiger partial charge on any atom is 0.239 e. The van der Waals surface area contributed by atoms with Gasteiger partial charge in [0.2, 0.25) is 11.8 Å². The minimum Gasteiger partial charge on any atom is -0.342 e. The van der Waals surface area contributed by atoms with Crippen LogP contribution in [0.4, 0.5) is 5.69 Å². The molecule has 0 atom stereocenters. The Kier molecular flexibility index (Phi) is 4.89. The monoisotopic (exact) mass is 302 g/mol. The van der Waals surface area contributed by atoms with E-state index in [4.69, 9.17) is 0 Å². The van der Waals surface area contributed by atoms with Crippen molar-refractivity contribution in [2.24, 2.45) is 5.41 Å². The van der Waals surface area contributed by atoms with E-state index in [1.165, 1.54) is 0 Å². The number of para-hydroxylation sites is 1. The van der Waals surface area contributed by atoms with Gasteiger partial charge >= 0.3 is 0 Å². The van der Waals surface area contributed by atoms with Crippen LogP contribution in [0.2, 0.25) is 0 Å². The first-order valence-electron chi connectivity index (χ1n) is 8.04. The Morgan fingerprint density at radius 1 is 1.14 bits per heavy atom. The van der Waals surface area contributed by atoms with Crippen LogP contribution in [0.3, 0.4) is 0 Å². The normalized spacial score (nSPS) is 15.2. The molecule has 1 saturated heterocycles. The molecule has 0 aromatic heterocycles. The molecule has 22 heavy (non-hydrogen) atoms. The van der Waals surface area contributed by atoms with Gasteiger partial charge in [-0.05, 0) is 44.2 Å². The van der Waals surface area contributed by atoms with Crippen LogP contribution in [-0.4, -0.2) is 29.8 Å². The molecule has 4 nitrogen and oxygen atoms in total. The number of nitrogens with zero attached hydrogens (tertiary/aromatic N) is 1. The third-order valence-corrected chi connectivity index (χ3v) is 4.33. The van der Waals surface area contributed by atoms with E-state index in [2.05, 4.69) is 19.2 Å². The molecule has 0 aliphatic carbocycles. The van der Waals surface area contributed by atoms with Crippen molar-refractivity contribution >= 4 is 17.5 Å². The van der Waals surface area contributed by atoms with Crippen LogP contribution < -0.4 is 5.32 Å². The third-order valence-electron chi connectivity index (χ3n) is 4.33. The lowest BCUT2D eigenvalue weighted by atomic mass is 9.89. The smallest absolute Gasteiger partial charge is 0.239 e. The zero-order valence-corrected chi connectivity index (χ0v) is 14.0. The average Bonchev–Trinajstić information content (AvgIpc) is 3.00. The Bertz CT molecular complexity index is 558. The Morgan fingerprint density at radius 2 is 1.73 bits per heavy atom. The van der Waals surface area contributed by atoms with E-state index in [1.54, 1.807) is 18.7 Å². The fourth-order valence-corrected chi connectivity index (χ4v) is 2.81. The molecule has 1 aromatic carbocycles. The summed E-state index contributed by atoms with van der Waals surface area (Å²) in [6, 6.07) is 7.77. The molecule has 1 aliphatic rings. The van der Waals surface area contributed by atoms with Crippen molar-refractivity contribution in [2.75, 3.05) is 18.4 Å². The molecule has 2 rings (SSSR count). The molecular weight excluding hydrogens is 276 g/mol. The summed E-state index contributed by atoms with van der Waals surface area (Å²) in [5, 5.41) is 2.95. The van der Waals surface area contributed by atoms with Gasteiger partial charge in [0.05, 0.1) is 0 Å². The molecule has 2 amide bonds. The van der Waals surface area contributed by atoms with E-state index < -0.39 is 5.41 Å². The molecule has 1 fully saturated rings. The fraction of sp³-hybridized carbons (Fsp3) is 0.556. The van der Waals surface area contributed by atoms with Gasteiger partial charge in [-0.1, -0.05) is 32.0 Å². The van der Waals surface area contributed by atoms with Crippen LogP contribution in [0.5, 0.6) is 0 Å². The van der Waals surface area contributed by atoms with Gasteiger partial charge in [0.25, 0.3) is 0 Å². The Labute approximate surface area is 132 Å². The highest BCUT2D eigenvalue weighted by Gasteiger charge is 2.40. The van der Waals surface area contributed by atoms with E-state index in [0.29, 0.717) is 5.92 Å². The summed E-state index contributed by atoms with van der Waals surface area (Å²) in [5.74, 6) is -0.00377. The van der Waals surface area contributed by atoms with Gasteiger partial charge in [-0.3, -0.25) is 9.59 Å². The summed E-state index contributed by atoms with van der Waals surface area (Å²) in [6.07, 6.45) is 2.05. The summed E-state index contributed by atoms with van der Waals surface area (Å²) in [4.78, 5) is 27.0. The molecule has 1 N–H and O–H groups in total. The van der Waals surface area contributed by atoms with Crippen LogP contribution in [0.15, 0.2) is 24.3 Å². The molecule has 0 radical (unpaired) electrons. The van der Waals surface area contributed by atoms with Crippen molar-refractivity contribution in [3.05, 3.63) is 29.8 Å². The van der Waals surface area contributed by atoms with Gasteiger partial charge in [-0.25, -0.2) is 0 Å². The van der Waals surface area contributed by atoms with Crippen molar-refractivity contribution in [3.63, 3.8) is 0 Å². The first-order valence-corrected chi connectivity index (χ1v) is 8.04. The van der Waals surface area contributed by atoms with Crippen molar-refractivity contribution in [1.29, 1.82) is 0 Å².